The number of hydrogen-bond acceptors (Lipinski definition) is 0. The molecule has 0 saturated carbocycles. The van der Waals surface area contributed by atoms with Crippen molar-refractivity contribution < 1.29 is 0 Å². The molecule has 0 aliphatic carbocycles. The topological polar surface area (TPSA) is 0 Å². The summed E-state index contributed by atoms with van der Waals surface area (Å²) in [5.74, 6) is 0.690. The van der Waals surface area contributed by atoms with E-state index in [0.717, 1.165) is 6.42 Å². The van der Waals surface area contributed by atoms with E-state index in [1.807, 2.05) is 30.4 Å². The first-order valence-corrected chi connectivity index (χ1v) is 26.7. The first-order chi connectivity index (χ1) is 33.0. The fraction of sp³-hybridized carbons (Fsp3) is 0.420. The summed E-state index contributed by atoms with van der Waals surface area (Å²) in [5.41, 5.74) is 13.8. The lowest BCUT2D eigenvalue weighted by atomic mass is 9.87. The molecule has 0 heteroatoms. The maximum absolute atomic E-state index is 3.77. The van der Waals surface area contributed by atoms with Crippen LogP contribution in [0.4, 0.5) is 0 Å². The summed E-state index contributed by atoms with van der Waals surface area (Å²) in [7, 11) is 0. The summed E-state index contributed by atoms with van der Waals surface area (Å²) in [6, 6.07) is 43.3. The van der Waals surface area contributed by atoms with Crippen LogP contribution in [0.5, 0.6) is 0 Å². The highest BCUT2D eigenvalue weighted by Crippen LogP contribution is 2.24. The Bertz CT molecular complexity index is 2060. The second kappa shape index (κ2) is 36.7. The third-order valence-electron chi connectivity index (χ3n) is 12.3. The molecule has 0 radical (unpaired) electrons. The fourth-order valence-electron chi connectivity index (χ4n) is 7.66. The first kappa shape index (κ1) is 61.8. The van der Waals surface area contributed by atoms with Crippen LogP contribution in [0.2, 0.25) is 0 Å². The lowest BCUT2D eigenvalue weighted by molar-refractivity contribution is 0.411. The normalized spacial score (nSPS) is 11.0. The van der Waals surface area contributed by atoms with Crippen LogP contribution in [0.3, 0.4) is 0 Å². The van der Waals surface area contributed by atoms with Crippen LogP contribution in [0.25, 0.3) is 30.4 Å². The van der Waals surface area contributed by atoms with E-state index in [2.05, 4.69) is 223 Å². The SMILES string of the molecule is C=Cc1ccc(C(C)(C)C)cc1.C=Cc1ccc(C(C)CCCCC)cc1.C=Cc1ccc(CC(C)(C)C)cc1.C=Cc1ccc(CCCCCC)cc1.C=Cc1ccc(CCCCCCC)cc1. The Kier molecular flexibility index (Phi) is 32.9. The number of hydrogen-bond donors (Lipinski definition) is 0. The number of unbranched alkanes of at least 4 members (excludes halogenated alkanes) is 9. The number of aryl methyl sites for hydroxylation is 2. The van der Waals surface area contributed by atoms with Crippen LogP contribution >= 0.6 is 0 Å². The van der Waals surface area contributed by atoms with Crippen molar-refractivity contribution in [3.8, 4) is 0 Å². The molecular weight excluding hydrogens is 829 g/mol. The van der Waals surface area contributed by atoms with Crippen molar-refractivity contribution >= 4 is 30.4 Å². The fourth-order valence-corrected chi connectivity index (χ4v) is 7.66. The minimum Gasteiger partial charge on any atom is -0.0985 e. The predicted molar refractivity (Wildman–Crippen MR) is 317 cm³/mol. The van der Waals surface area contributed by atoms with E-state index in [4.69, 9.17) is 0 Å². The van der Waals surface area contributed by atoms with E-state index < -0.39 is 0 Å². The lowest BCUT2D eigenvalue weighted by Gasteiger charge is -2.18. The highest BCUT2D eigenvalue weighted by Gasteiger charge is 2.12. The molecule has 5 aromatic carbocycles. The average Bonchev–Trinajstić information content (AvgIpc) is 3.36. The van der Waals surface area contributed by atoms with Crippen molar-refractivity contribution in [3.05, 3.63) is 210 Å². The Labute approximate surface area is 426 Å². The molecule has 69 heavy (non-hydrogen) atoms. The van der Waals surface area contributed by atoms with Gasteiger partial charge in [0.1, 0.15) is 0 Å². The van der Waals surface area contributed by atoms with Gasteiger partial charge in [-0.25, -0.2) is 0 Å². The van der Waals surface area contributed by atoms with Gasteiger partial charge >= 0.3 is 0 Å². The van der Waals surface area contributed by atoms with Crippen LogP contribution in [0, 0.1) is 5.41 Å². The Morgan fingerprint density at radius 1 is 0.377 bits per heavy atom. The smallest absolute Gasteiger partial charge is 0.0132 e. The van der Waals surface area contributed by atoms with Gasteiger partial charge in [-0.1, -0.05) is 318 Å². The third-order valence-corrected chi connectivity index (χ3v) is 12.3. The summed E-state index contributed by atoms with van der Waals surface area (Å²) in [5, 5.41) is 0. The predicted octanol–water partition coefficient (Wildman–Crippen LogP) is 21.9. The maximum atomic E-state index is 3.77. The summed E-state index contributed by atoms with van der Waals surface area (Å²) >= 11 is 0. The second-order valence-electron chi connectivity index (χ2n) is 20.9. The minimum absolute atomic E-state index is 0.250. The van der Waals surface area contributed by atoms with Crippen LogP contribution in [-0.4, -0.2) is 0 Å². The Hall–Kier alpha value is -5.20. The molecule has 5 aromatic rings. The summed E-state index contributed by atoms with van der Waals surface area (Å²) in [6.45, 7) is 41.2. The van der Waals surface area contributed by atoms with Crippen LogP contribution in [0.15, 0.2) is 154 Å². The van der Waals surface area contributed by atoms with Crippen molar-refractivity contribution in [2.75, 3.05) is 0 Å². The average molecular weight is 928 g/mol. The lowest BCUT2D eigenvalue weighted by Crippen LogP contribution is -2.10. The van der Waals surface area contributed by atoms with E-state index in [1.165, 1.54) is 152 Å². The molecule has 1 unspecified atom stereocenters. The summed E-state index contributed by atoms with van der Waals surface area (Å²) in [4.78, 5) is 0. The van der Waals surface area contributed by atoms with E-state index in [9.17, 15) is 0 Å². The van der Waals surface area contributed by atoms with Gasteiger partial charge < -0.3 is 0 Å². The molecule has 0 heterocycles. The Balaban J connectivity index is 0.000000432. The van der Waals surface area contributed by atoms with Crippen molar-refractivity contribution in [2.45, 2.75) is 183 Å². The third kappa shape index (κ3) is 30.1. The van der Waals surface area contributed by atoms with Crippen molar-refractivity contribution in [1.29, 1.82) is 0 Å². The van der Waals surface area contributed by atoms with Gasteiger partial charge in [0.25, 0.3) is 0 Å². The number of benzene rings is 5. The molecular formula is C69H98. The van der Waals surface area contributed by atoms with Gasteiger partial charge in [0.05, 0.1) is 0 Å². The van der Waals surface area contributed by atoms with Crippen LogP contribution in [-0.2, 0) is 24.7 Å². The van der Waals surface area contributed by atoms with E-state index in [0.29, 0.717) is 11.3 Å². The Morgan fingerprint density at radius 3 is 1.01 bits per heavy atom. The zero-order valence-corrected chi connectivity index (χ0v) is 45.9. The van der Waals surface area contributed by atoms with Gasteiger partial charge in [0, 0.05) is 0 Å². The molecule has 0 N–H and O–H groups in total. The molecule has 0 spiro atoms. The molecule has 0 saturated heterocycles. The van der Waals surface area contributed by atoms with Crippen molar-refractivity contribution in [3.63, 3.8) is 0 Å². The highest BCUT2D eigenvalue weighted by molar-refractivity contribution is 5.50. The van der Waals surface area contributed by atoms with Gasteiger partial charge in [0.15, 0.2) is 0 Å². The van der Waals surface area contributed by atoms with E-state index in [-0.39, 0.29) is 5.41 Å². The molecule has 0 nitrogen and oxygen atoms in total. The molecule has 374 valence electrons. The van der Waals surface area contributed by atoms with Crippen molar-refractivity contribution in [1.82, 2.24) is 0 Å². The van der Waals surface area contributed by atoms with Crippen LogP contribution < -0.4 is 0 Å². The molecule has 1 atom stereocenters. The molecule has 0 bridgehead atoms. The summed E-state index contributed by atoms with van der Waals surface area (Å²) in [6.07, 6.45) is 30.5. The largest absolute Gasteiger partial charge is 0.0985 e. The molecule has 0 aliphatic heterocycles. The second-order valence-corrected chi connectivity index (χ2v) is 20.9. The molecule has 5 rings (SSSR count). The van der Waals surface area contributed by atoms with Crippen molar-refractivity contribution in [2.24, 2.45) is 5.41 Å². The standard InChI is InChI=1S/2C15H22.C14H20.C13H18.C12H16/c1-4-6-7-8-13(3)15-11-9-14(5-2)10-12-15;1-3-5-6-7-8-9-15-12-10-14(4-2)11-13-15;1-3-5-6-7-8-14-11-9-13(4-2)10-12-14;1-5-11-6-8-12(9-7-11)10-13(2,3)4;1-5-10-6-8-11(9-7-10)12(2,3)4/h5,9-13H,2,4,6-8H2,1,3H3;4,10-13H,2-3,5-9H2,1H3;4,9-12H,2-3,5-8H2,1H3;5-9H,1,10H2,2-4H3;5-9H,1H2,2-4H3. The van der Waals surface area contributed by atoms with Gasteiger partial charge in [-0.3, -0.25) is 0 Å². The minimum atomic E-state index is 0.250. The quantitative estimate of drug-likeness (QED) is 0.0607. The zero-order chi connectivity index (χ0) is 51.3. The Morgan fingerprint density at radius 2 is 0.681 bits per heavy atom. The molecule has 0 fully saturated rings. The van der Waals surface area contributed by atoms with E-state index in [1.54, 1.807) is 0 Å². The van der Waals surface area contributed by atoms with E-state index >= 15 is 0 Å². The van der Waals surface area contributed by atoms with Crippen LogP contribution in [0.1, 0.15) is 214 Å². The highest BCUT2D eigenvalue weighted by atomic mass is 14.2. The molecule has 0 amide bonds. The maximum Gasteiger partial charge on any atom is -0.0132 e. The number of rotatable bonds is 22. The molecule has 0 aromatic heterocycles. The summed E-state index contributed by atoms with van der Waals surface area (Å²) < 4.78 is 0. The monoisotopic (exact) mass is 927 g/mol. The molecule has 0 aliphatic rings. The van der Waals surface area contributed by atoms with Gasteiger partial charge in [-0.2, -0.15) is 0 Å². The van der Waals surface area contributed by atoms with Gasteiger partial charge in [-0.15, -0.1) is 0 Å². The zero-order valence-electron chi connectivity index (χ0n) is 45.9. The van der Waals surface area contributed by atoms with Gasteiger partial charge in [-0.05, 0) is 111 Å². The van der Waals surface area contributed by atoms with Gasteiger partial charge in [0.2, 0.25) is 0 Å². The first-order valence-electron chi connectivity index (χ1n) is 26.7.